The predicted molar refractivity (Wildman–Crippen MR) is 231 cm³/mol. The van der Waals surface area contributed by atoms with Gasteiger partial charge in [-0.15, -0.1) is 0 Å². The summed E-state index contributed by atoms with van der Waals surface area (Å²) in [5.41, 5.74) is 9.24. The van der Waals surface area contributed by atoms with Gasteiger partial charge in [-0.05, 0) is 94.3 Å². The lowest BCUT2D eigenvalue weighted by Gasteiger charge is -2.26. The Morgan fingerprint density at radius 3 is 1.95 bits per heavy atom. The average Bonchev–Trinajstić information content (AvgIpc) is 3.85. The van der Waals surface area contributed by atoms with Crippen molar-refractivity contribution in [3.63, 3.8) is 0 Å². The molecule has 0 aliphatic rings. The molecule has 3 heteroatoms. The Kier molecular flexibility index (Phi) is 6.27. The van der Waals surface area contributed by atoms with Gasteiger partial charge in [-0.2, -0.15) is 0 Å². The molecular formula is C52H34N2O. The van der Waals surface area contributed by atoms with Gasteiger partial charge < -0.3 is 13.9 Å². The summed E-state index contributed by atoms with van der Waals surface area (Å²) in [6, 6.07) is 60.4. The van der Waals surface area contributed by atoms with Crippen LogP contribution < -0.4 is 4.90 Å². The molecule has 3 nitrogen and oxygen atoms in total. The zero-order chi connectivity index (χ0) is 39.8. The van der Waals surface area contributed by atoms with Gasteiger partial charge in [0.05, 0.1) is 27.6 Å². The molecule has 0 saturated carbocycles. The van der Waals surface area contributed by atoms with Crippen molar-refractivity contribution in [3.05, 3.63) is 206 Å². The van der Waals surface area contributed by atoms with E-state index in [9.17, 15) is 5.48 Å². The molecule has 258 valence electrons. The number of furan rings is 1. The molecule has 11 aromatic rings. The van der Waals surface area contributed by atoms with Crippen LogP contribution in [-0.4, -0.2) is 4.57 Å². The number of aromatic nitrogens is 1. The van der Waals surface area contributed by atoms with E-state index in [2.05, 4.69) is 108 Å². The molecule has 0 unspecified atom stereocenters. The van der Waals surface area contributed by atoms with E-state index in [4.69, 9.17) is 4.42 Å². The molecule has 2 heterocycles. The van der Waals surface area contributed by atoms with Crippen molar-refractivity contribution in [2.45, 2.75) is 0 Å². The highest BCUT2D eigenvalue weighted by atomic mass is 16.3. The number of benzene rings is 9. The maximum atomic E-state index is 9.55. The standard InChI is InChI=1S/C52H34N2O/c1-3-13-35(14-4-1)36-25-30-40(31-26-36)53(48-23-12-24-49-51(48)45-34-29-37-15-7-8-18-43(37)52(45)55-49)41-32-27-38(28-33-41)42-20-11-22-47-50(42)44-19-9-10-21-46(44)54(47)39-16-5-2-6-17-39/h1-34H/i25D,26D,30D,31D. The smallest absolute Gasteiger partial charge is 0.143 e. The van der Waals surface area contributed by atoms with Gasteiger partial charge in [-0.1, -0.05) is 139 Å². The molecule has 11 rings (SSSR count). The lowest BCUT2D eigenvalue weighted by Crippen LogP contribution is -2.10. The Hall–Kier alpha value is -7.36. The van der Waals surface area contributed by atoms with E-state index in [0.717, 1.165) is 65.7 Å². The molecule has 0 bridgehead atoms. The highest BCUT2D eigenvalue weighted by Crippen LogP contribution is 2.45. The average molecular weight is 707 g/mol. The fourth-order valence-electron chi connectivity index (χ4n) is 8.18. The van der Waals surface area contributed by atoms with Gasteiger partial charge in [-0.3, -0.25) is 0 Å². The minimum absolute atomic E-state index is 0.106. The molecule has 0 N–H and O–H groups in total. The van der Waals surface area contributed by atoms with Crippen molar-refractivity contribution in [2.24, 2.45) is 0 Å². The Balaban J connectivity index is 1.15. The molecule has 0 atom stereocenters. The van der Waals surface area contributed by atoms with Crippen molar-refractivity contribution >= 4 is 71.6 Å². The van der Waals surface area contributed by atoms with Crippen LogP contribution in [-0.2, 0) is 0 Å². The van der Waals surface area contributed by atoms with E-state index in [1.54, 1.807) is 0 Å². The summed E-state index contributed by atoms with van der Waals surface area (Å²) in [6.07, 6.45) is 0. The highest BCUT2D eigenvalue weighted by molar-refractivity contribution is 6.20. The Labute approximate surface area is 324 Å². The zero-order valence-corrected chi connectivity index (χ0v) is 29.6. The first-order valence-electron chi connectivity index (χ1n) is 20.4. The van der Waals surface area contributed by atoms with E-state index >= 15 is 0 Å². The lowest BCUT2D eigenvalue weighted by atomic mass is 9.98. The lowest BCUT2D eigenvalue weighted by molar-refractivity contribution is 0.672. The molecule has 9 aromatic carbocycles. The van der Waals surface area contributed by atoms with E-state index in [1.807, 2.05) is 83.8 Å². The van der Waals surface area contributed by atoms with Crippen LogP contribution in [0.2, 0.25) is 0 Å². The normalized spacial score (nSPS) is 12.7. The molecule has 0 aliphatic heterocycles. The van der Waals surface area contributed by atoms with E-state index < -0.39 is 0 Å². The topological polar surface area (TPSA) is 21.3 Å². The number of anilines is 3. The Bertz CT molecular complexity index is 3400. The number of fused-ring (bicyclic) bond motifs is 8. The van der Waals surface area contributed by atoms with Gasteiger partial charge >= 0.3 is 0 Å². The highest BCUT2D eigenvalue weighted by Gasteiger charge is 2.21. The van der Waals surface area contributed by atoms with Crippen LogP contribution in [0, 0.1) is 0 Å². The first-order valence-corrected chi connectivity index (χ1v) is 18.4. The number of nitrogens with zero attached hydrogens (tertiary/aromatic N) is 2. The van der Waals surface area contributed by atoms with E-state index in [1.165, 1.54) is 0 Å². The number of hydrogen-bond donors (Lipinski definition) is 0. The summed E-state index contributed by atoms with van der Waals surface area (Å²) in [5.74, 6) is 0. The van der Waals surface area contributed by atoms with E-state index in [0.29, 0.717) is 22.5 Å². The minimum Gasteiger partial charge on any atom is -0.455 e. The van der Waals surface area contributed by atoms with Gasteiger partial charge in [0.2, 0.25) is 0 Å². The summed E-state index contributed by atoms with van der Waals surface area (Å²) in [4.78, 5) is 1.87. The van der Waals surface area contributed by atoms with Gasteiger partial charge in [0, 0.05) is 38.6 Å². The minimum atomic E-state index is -0.136. The zero-order valence-electron chi connectivity index (χ0n) is 33.6. The fraction of sp³-hybridized carbons (Fsp3) is 0. The second kappa shape index (κ2) is 12.6. The molecule has 0 amide bonds. The van der Waals surface area contributed by atoms with Crippen molar-refractivity contribution in [1.82, 2.24) is 4.57 Å². The third-order valence-corrected chi connectivity index (χ3v) is 10.7. The van der Waals surface area contributed by atoms with Crippen LogP contribution in [0.1, 0.15) is 5.48 Å². The SMILES string of the molecule is [2H]c1c([2H])c(N(c2ccc(-c3cccc4c3c3ccccc3n4-c3ccccc3)cc2)c2cccc3oc4c5ccccc5ccc4c23)c([2H])c([2H])c1-c1ccccc1. The summed E-state index contributed by atoms with van der Waals surface area (Å²) in [5, 5.41) is 6.07. The second-order valence-electron chi connectivity index (χ2n) is 13.8. The van der Waals surface area contributed by atoms with Crippen LogP contribution in [0.15, 0.2) is 211 Å². The summed E-state index contributed by atoms with van der Waals surface area (Å²) in [6.45, 7) is 0. The van der Waals surface area contributed by atoms with Gasteiger partial charge in [0.15, 0.2) is 0 Å². The van der Waals surface area contributed by atoms with Crippen molar-refractivity contribution < 1.29 is 9.90 Å². The molecule has 55 heavy (non-hydrogen) atoms. The van der Waals surface area contributed by atoms with Gasteiger partial charge in [0.25, 0.3) is 0 Å². The monoisotopic (exact) mass is 706 g/mol. The molecular weight excluding hydrogens is 669 g/mol. The van der Waals surface area contributed by atoms with Crippen molar-refractivity contribution in [1.29, 1.82) is 0 Å². The molecule has 0 aliphatic carbocycles. The van der Waals surface area contributed by atoms with Gasteiger partial charge in [-0.25, -0.2) is 0 Å². The molecule has 0 spiro atoms. The molecule has 0 saturated heterocycles. The molecule has 0 radical (unpaired) electrons. The third kappa shape index (κ3) is 5.05. The summed E-state index contributed by atoms with van der Waals surface area (Å²) in [7, 11) is 0. The van der Waals surface area contributed by atoms with Crippen molar-refractivity contribution in [2.75, 3.05) is 4.90 Å². The Morgan fingerprint density at radius 2 is 1.13 bits per heavy atom. The van der Waals surface area contributed by atoms with Gasteiger partial charge in [0.1, 0.15) is 11.2 Å². The van der Waals surface area contributed by atoms with E-state index in [-0.39, 0.29) is 35.4 Å². The number of rotatable bonds is 6. The second-order valence-corrected chi connectivity index (χ2v) is 13.8. The third-order valence-electron chi connectivity index (χ3n) is 10.7. The van der Waals surface area contributed by atoms with Crippen LogP contribution in [0.5, 0.6) is 0 Å². The van der Waals surface area contributed by atoms with Crippen molar-refractivity contribution in [3.8, 4) is 27.9 Å². The van der Waals surface area contributed by atoms with Crippen LogP contribution in [0.3, 0.4) is 0 Å². The van der Waals surface area contributed by atoms with Crippen LogP contribution >= 0.6 is 0 Å². The molecule has 2 aromatic heterocycles. The first-order chi connectivity index (χ1) is 29.0. The largest absolute Gasteiger partial charge is 0.455 e. The first kappa shape index (κ1) is 27.3. The number of hydrogen-bond acceptors (Lipinski definition) is 2. The maximum absolute atomic E-state index is 9.55. The number of para-hydroxylation sites is 2. The fourth-order valence-corrected chi connectivity index (χ4v) is 8.18. The predicted octanol–water partition coefficient (Wildman–Crippen LogP) is 14.6. The quantitative estimate of drug-likeness (QED) is 0.172. The Morgan fingerprint density at radius 1 is 0.436 bits per heavy atom. The van der Waals surface area contributed by atoms with Crippen LogP contribution in [0.4, 0.5) is 17.1 Å². The summed E-state index contributed by atoms with van der Waals surface area (Å²) >= 11 is 0. The van der Waals surface area contributed by atoms with Crippen LogP contribution in [0.25, 0.3) is 82.5 Å². The maximum Gasteiger partial charge on any atom is 0.143 e. The summed E-state index contributed by atoms with van der Waals surface area (Å²) < 4.78 is 46.6. The molecule has 0 fully saturated rings.